The summed E-state index contributed by atoms with van der Waals surface area (Å²) in [7, 11) is -3.54. The van der Waals surface area contributed by atoms with Crippen molar-refractivity contribution >= 4 is 27.2 Å². The molecule has 0 aromatic heterocycles. The van der Waals surface area contributed by atoms with Gasteiger partial charge >= 0.3 is 0 Å². The van der Waals surface area contributed by atoms with Gasteiger partial charge in [-0.3, -0.25) is 0 Å². The van der Waals surface area contributed by atoms with Crippen LogP contribution in [0, 0.1) is 5.82 Å². The fraction of sp³-hybridized carbons (Fsp3) is 0.364. The summed E-state index contributed by atoms with van der Waals surface area (Å²) in [5, 5.41) is 0. The molecule has 0 radical (unpaired) electrons. The Labute approximate surface area is 112 Å². The minimum absolute atomic E-state index is 0.00345. The van der Waals surface area contributed by atoms with Gasteiger partial charge in [-0.2, -0.15) is 4.31 Å². The van der Waals surface area contributed by atoms with Crippen LogP contribution in [0.1, 0.15) is 12.5 Å². The first-order valence-corrected chi connectivity index (χ1v) is 7.37. The molecule has 0 bridgehead atoms. The van der Waals surface area contributed by atoms with E-state index >= 15 is 0 Å². The van der Waals surface area contributed by atoms with Crippen LogP contribution < -0.4 is 5.73 Å². The van der Waals surface area contributed by atoms with Crippen molar-refractivity contribution in [2.24, 2.45) is 5.73 Å². The fourth-order valence-electron chi connectivity index (χ4n) is 1.51. The van der Waals surface area contributed by atoms with Crippen LogP contribution >= 0.6 is 12.2 Å². The molecule has 0 saturated carbocycles. The second kappa shape index (κ2) is 6.21. The number of hydrogen-bond acceptors (Lipinski definition) is 3. The van der Waals surface area contributed by atoms with E-state index in [2.05, 4.69) is 0 Å². The number of hydrogen-bond donors (Lipinski definition) is 1. The molecule has 0 amide bonds. The van der Waals surface area contributed by atoms with Gasteiger partial charge in [0, 0.05) is 6.54 Å². The highest BCUT2D eigenvalue weighted by Gasteiger charge is 2.21. The van der Waals surface area contributed by atoms with Gasteiger partial charge in [0.25, 0.3) is 0 Å². The molecule has 0 atom stereocenters. The van der Waals surface area contributed by atoms with Gasteiger partial charge in [-0.05, 0) is 17.7 Å². The van der Waals surface area contributed by atoms with Crippen LogP contribution in [0.15, 0.2) is 24.3 Å². The molecule has 1 aromatic carbocycles. The normalized spacial score (nSPS) is 11.7. The summed E-state index contributed by atoms with van der Waals surface area (Å²) >= 11 is 4.70. The van der Waals surface area contributed by atoms with Crippen molar-refractivity contribution in [3.05, 3.63) is 35.6 Å². The first-order chi connectivity index (χ1) is 8.35. The minimum Gasteiger partial charge on any atom is -0.392 e. The Hall–Kier alpha value is -1.05. The van der Waals surface area contributed by atoms with Crippen molar-refractivity contribution < 1.29 is 12.8 Å². The third-order valence-corrected chi connectivity index (χ3v) is 4.32. The number of nitrogens with zero attached hydrogens (tertiary/aromatic N) is 1. The van der Waals surface area contributed by atoms with Crippen molar-refractivity contribution in [3.8, 4) is 0 Å². The number of nitrogens with two attached hydrogens (primary N) is 1. The topological polar surface area (TPSA) is 63.4 Å². The standard InChI is InChI=1S/C11H15FN2O2S2/c1-2-14(7-11(13)17)18(15,16)8-9-4-3-5-10(12)6-9/h3-6H,2,7-8H2,1H3,(H2,13,17). The lowest BCUT2D eigenvalue weighted by molar-refractivity contribution is 0.467. The van der Waals surface area contributed by atoms with E-state index in [1.54, 1.807) is 13.0 Å². The molecule has 1 rings (SSSR count). The van der Waals surface area contributed by atoms with Crippen molar-refractivity contribution in [1.29, 1.82) is 0 Å². The highest BCUT2D eigenvalue weighted by atomic mass is 32.2. The third kappa shape index (κ3) is 4.32. The summed E-state index contributed by atoms with van der Waals surface area (Å²) in [6, 6.07) is 5.51. The van der Waals surface area contributed by atoms with Crippen LogP contribution in [0.4, 0.5) is 4.39 Å². The molecule has 0 saturated heterocycles. The van der Waals surface area contributed by atoms with Crippen LogP contribution in [0.25, 0.3) is 0 Å². The summed E-state index contributed by atoms with van der Waals surface area (Å²) < 4.78 is 38.3. The van der Waals surface area contributed by atoms with Gasteiger partial charge in [-0.15, -0.1) is 0 Å². The van der Waals surface area contributed by atoms with Crippen molar-refractivity contribution in [1.82, 2.24) is 4.31 Å². The monoisotopic (exact) mass is 290 g/mol. The average molecular weight is 290 g/mol. The Morgan fingerprint density at radius 1 is 1.50 bits per heavy atom. The molecule has 4 nitrogen and oxygen atoms in total. The number of rotatable bonds is 6. The van der Waals surface area contributed by atoms with Gasteiger partial charge in [0.2, 0.25) is 10.0 Å². The van der Waals surface area contributed by atoms with E-state index in [-0.39, 0.29) is 23.8 Å². The molecular weight excluding hydrogens is 275 g/mol. The molecule has 0 unspecified atom stereocenters. The van der Waals surface area contributed by atoms with Crippen LogP contribution in [-0.4, -0.2) is 30.8 Å². The molecule has 0 heterocycles. The van der Waals surface area contributed by atoms with Gasteiger partial charge in [-0.1, -0.05) is 31.3 Å². The maximum atomic E-state index is 13.0. The molecular formula is C11H15FN2O2S2. The van der Waals surface area contributed by atoms with E-state index in [0.717, 1.165) is 0 Å². The maximum Gasteiger partial charge on any atom is 0.218 e. The molecule has 0 spiro atoms. The van der Waals surface area contributed by atoms with Crippen LogP contribution in [0.2, 0.25) is 0 Å². The molecule has 18 heavy (non-hydrogen) atoms. The van der Waals surface area contributed by atoms with E-state index in [9.17, 15) is 12.8 Å². The van der Waals surface area contributed by atoms with Crippen molar-refractivity contribution in [3.63, 3.8) is 0 Å². The lowest BCUT2D eigenvalue weighted by Crippen LogP contribution is -2.38. The smallest absolute Gasteiger partial charge is 0.218 e. The van der Waals surface area contributed by atoms with Gasteiger partial charge in [-0.25, -0.2) is 12.8 Å². The molecule has 0 aliphatic rings. The highest BCUT2D eigenvalue weighted by Crippen LogP contribution is 2.12. The molecule has 7 heteroatoms. The van der Waals surface area contributed by atoms with Crippen molar-refractivity contribution in [2.75, 3.05) is 13.1 Å². The van der Waals surface area contributed by atoms with Gasteiger partial charge < -0.3 is 5.73 Å². The zero-order valence-electron chi connectivity index (χ0n) is 9.97. The molecule has 0 aliphatic carbocycles. The summed E-state index contributed by atoms with van der Waals surface area (Å²) in [5.74, 6) is -0.721. The number of sulfonamides is 1. The predicted octanol–water partition coefficient (Wildman–Crippen LogP) is 1.26. The number of benzene rings is 1. The third-order valence-electron chi connectivity index (χ3n) is 2.32. The van der Waals surface area contributed by atoms with Crippen LogP contribution in [-0.2, 0) is 15.8 Å². The summed E-state index contributed by atoms with van der Waals surface area (Å²) in [6.45, 7) is 1.97. The van der Waals surface area contributed by atoms with Gasteiger partial charge in [0.05, 0.1) is 17.3 Å². The summed E-state index contributed by atoms with van der Waals surface area (Å²) in [4.78, 5) is 0.111. The molecule has 0 fully saturated rings. The van der Waals surface area contributed by atoms with E-state index in [0.29, 0.717) is 5.56 Å². The van der Waals surface area contributed by atoms with E-state index < -0.39 is 15.8 Å². The summed E-state index contributed by atoms with van der Waals surface area (Å²) in [5.41, 5.74) is 5.75. The van der Waals surface area contributed by atoms with Crippen LogP contribution in [0.3, 0.4) is 0 Å². The molecule has 100 valence electrons. The lowest BCUT2D eigenvalue weighted by Gasteiger charge is -2.19. The molecule has 2 N–H and O–H groups in total. The Morgan fingerprint density at radius 2 is 2.17 bits per heavy atom. The quantitative estimate of drug-likeness (QED) is 0.801. The maximum absolute atomic E-state index is 13.0. The lowest BCUT2D eigenvalue weighted by atomic mass is 10.2. The zero-order chi connectivity index (χ0) is 13.8. The number of halogens is 1. The Bertz CT molecular complexity index is 532. The predicted molar refractivity (Wildman–Crippen MR) is 73.1 cm³/mol. The second-order valence-electron chi connectivity index (χ2n) is 3.78. The second-order valence-corrected chi connectivity index (χ2v) is 6.27. The largest absolute Gasteiger partial charge is 0.392 e. The average Bonchev–Trinajstić information content (AvgIpc) is 2.24. The van der Waals surface area contributed by atoms with E-state index in [1.807, 2.05) is 0 Å². The Balaban J connectivity index is 2.89. The van der Waals surface area contributed by atoms with E-state index in [4.69, 9.17) is 18.0 Å². The van der Waals surface area contributed by atoms with E-state index in [1.165, 1.54) is 22.5 Å². The Morgan fingerprint density at radius 3 is 2.67 bits per heavy atom. The minimum atomic E-state index is -3.54. The Kier molecular flexibility index (Phi) is 5.18. The number of thiocarbonyl (C=S) groups is 1. The first-order valence-electron chi connectivity index (χ1n) is 5.35. The van der Waals surface area contributed by atoms with Gasteiger partial charge in [0.15, 0.2) is 0 Å². The highest BCUT2D eigenvalue weighted by molar-refractivity contribution is 7.88. The molecule has 0 aliphatic heterocycles. The van der Waals surface area contributed by atoms with Crippen molar-refractivity contribution in [2.45, 2.75) is 12.7 Å². The van der Waals surface area contributed by atoms with Crippen LogP contribution in [0.5, 0.6) is 0 Å². The summed E-state index contributed by atoms with van der Waals surface area (Å²) in [6.07, 6.45) is 0. The van der Waals surface area contributed by atoms with Gasteiger partial charge in [0.1, 0.15) is 5.82 Å². The number of likely N-dealkylation sites (N-methyl/N-ethyl adjacent to an activating group) is 1. The molecule has 1 aromatic rings. The fourth-order valence-corrected chi connectivity index (χ4v) is 3.26. The first kappa shape index (κ1) is 15.0. The SMILES string of the molecule is CCN(CC(N)=S)S(=O)(=O)Cc1cccc(F)c1. The zero-order valence-corrected chi connectivity index (χ0v) is 11.6.